The monoisotopic (exact) mass is 314 g/mol. The summed E-state index contributed by atoms with van der Waals surface area (Å²) < 4.78 is 0. The van der Waals surface area contributed by atoms with Gasteiger partial charge in [-0.3, -0.25) is 14.9 Å². The van der Waals surface area contributed by atoms with E-state index in [1.54, 1.807) is 0 Å². The summed E-state index contributed by atoms with van der Waals surface area (Å²) in [4.78, 5) is 33.1. The van der Waals surface area contributed by atoms with Gasteiger partial charge >= 0.3 is 5.97 Å². The third-order valence-electron chi connectivity index (χ3n) is 2.85. The van der Waals surface area contributed by atoms with Gasteiger partial charge in [0.05, 0.1) is 4.92 Å². The minimum atomic E-state index is -1.14. The Bertz CT molecular complexity index is 561. The molecule has 1 aromatic rings. The highest BCUT2D eigenvalue weighted by molar-refractivity contribution is 6.32. The molecule has 0 aromatic heterocycles. The van der Waals surface area contributed by atoms with E-state index in [-0.39, 0.29) is 10.6 Å². The molecule has 8 heteroatoms. The molecular weight excluding hydrogens is 300 g/mol. The number of carbonyl (C=O) groups excluding carboxylic acids is 1. The first-order valence-electron chi connectivity index (χ1n) is 6.34. The third kappa shape index (κ3) is 4.71. The van der Waals surface area contributed by atoms with Gasteiger partial charge in [0.15, 0.2) is 0 Å². The predicted molar refractivity (Wildman–Crippen MR) is 76.5 cm³/mol. The number of amides is 1. The van der Waals surface area contributed by atoms with Crippen molar-refractivity contribution in [3.63, 3.8) is 0 Å². The number of nitrogens with one attached hydrogen (secondary N) is 1. The van der Waals surface area contributed by atoms with E-state index in [1.165, 1.54) is 12.1 Å². The quantitative estimate of drug-likeness (QED) is 0.594. The maximum absolute atomic E-state index is 12.0. The number of rotatable bonds is 7. The molecule has 2 N–H and O–H groups in total. The molecule has 1 aromatic carbocycles. The van der Waals surface area contributed by atoms with Gasteiger partial charge in [-0.15, -0.1) is 0 Å². The number of benzene rings is 1. The zero-order valence-electron chi connectivity index (χ0n) is 11.3. The SMILES string of the molecule is CCCC[C@H](NC(=O)c1ccc(Cl)c([N+](=O)[O-])c1)C(=O)O. The van der Waals surface area contributed by atoms with Crippen molar-refractivity contribution < 1.29 is 19.6 Å². The molecule has 114 valence electrons. The summed E-state index contributed by atoms with van der Waals surface area (Å²) in [6.07, 6.45) is 1.75. The van der Waals surface area contributed by atoms with E-state index in [0.29, 0.717) is 12.8 Å². The second-order valence-corrected chi connectivity index (χ2v) is 4.84. The van der Waals surface area contributed by atoms with Gasteiger partial charge in [0.1, 0.15) is 11.1 Å². The van der Waals surface area contributed by atoms with Crippen molar-refractivity contribution >= 4 is 29.2 Å². The number of nitro groups is 1. The Balaban J connectivity index is 2.90. The van der Waals surface area contributed by atoms with Crippen LogP contribution >= 0.6 is 11.6 Å². The van der Waals surface area contributed by atoms with E-state index >= 15 is 0 Å². The number of carbonyl (C=O) groups is 2. The molecule has 0 saturated carbocycles. The van der Waals surface area contributed by atoms with Crippen molar-refractivity contribution in [1.29, 1.82) is 0 Å². The van der Waals surface area contributed by atoms with Gasteiger partial charge in [-0.2, -0.15) is 0 Å². The van der Waals surface area contributed by atoms with Crippen molar-refractivity contribution in [1.82, 2.24) is 5.32 Å². The summed E-state index contributed by atoms with van der Waals surface area (Å²) in [5.74, 6) is -1.82. The van der Waals surface area contributed by atoms with Gasteiger partial charge in [-0.25, -0.2) is 4.79 Å². The number of halogens is 1. The molecule has 0 aliphatic heterocycles. The van der Waals surface area contributed by atoms with Crippen LogP contribution in [0.15, 0.2) is 18.2 Å². The summed E-state index contributed by atoms with van der Waals surface area (Å²) in [6, 6.07) is 2.54. The lowest BCUT2D eigenvalue weighted by molar-refractivity contribution is -0.384. The Morgan fingerprint density at radius 2 is 2.14 bits per heavy atom. The largest absolute Gasteiger partial charge is 0.480 e. The molecule has 0 aliphatic carbocycles. The molecule has 1 atom stereocenters. The Kier molecular flexibility index (Phi) is 6.10. The zero-order valence-corrected chi connectivity index (χ0v) is 12.1. The summed E-state index contributed by atoms with van der Waals surface area (Å²) in [7, 11) is 0. The molecule has 0 unspecified atom stereocenters. The van der Waals surface area contributed by atoms with Crippen molar-refractivity contribution in [2.45, 2.75) is 32.2 Å². The fourth-order valence-corrected chi connectivity index (χ4v) is 1.89. The highest BCUT2D eigenvalue weighted by Crippen LogP contribution is 2.25. The van der Waals surface area contributed by atoms with Gasteiger partial charge < -0.3 is 10.4 Å². The number of carboxylic acids is 1. The van der Waals surface area contributed by atoms with Crippen LogP contribution in [-0.4, -0.2) is 27.9 Å². The fourth-order valence-electron chi connectivity index (χ4n) is 1.70. The van der Waals surface area contributed by atoms with E-state index < -0.39 is 28.5 Å². The van der Waals surface area contributed by atoms with E-state index in [0.717, 1.165) is 12.5 Å². The normalized spacial score (nSPS) is 11.7. The zero-order chi connectivity index (χ0) is 16.0. The van der Waals surface area contributed by atoms with E-state index in [9.17, 15) is 19.7 Å². The first-order valence-corrected chi connectivity index (χ1v) is 6.72. The number of hydrogen-bond acceptors (Lipinski definition) is 4. The van der Waals surface area contributed by atoms with Crippen LogP contribution in [0.2, 0.25) is 5.02 Å². The van der Waals surface area contributed by atoms with Crippen LogP contribution in [0.3, 0.4) is 0 Å². The van der Waals surface area contributed by atoms with Crippen LogP contribution in [0.25, 0.3) is 0 Å². The minimum absolute atomic E-state index is 0.00570. The van der Waals surface area contributed by atoms with Gasteiger partial charge in [-0.05, 0) is 18.6 Å². The molecule has 0 radical (unpaired) electrons. The molecule has 21 heavy (non-hydrogen) atoms. The molecule has 0 spiro atoms. The first kappa shape index (κ1) is 16.9. The summed E-state index contributed by atoms with van der Waals surface area (Å²) in [5, 5.41) is 22.1. The van der Waals surface area contributed by atoms with Crippen LogP contribution in [-0.2, 0) is 4.79 Å². The number of nitrogens with zero attached hydrogens (tertiary/aromatic N) is 1. The molecule has 0 heterocycles. The number of carboxylic acid groups (broad SMARTS) is 1. The lowest BCUT2D eigenvalue weighted by atomic mass is 10.1. The molecule has 0 saturated heterocycles. The average molecular weight is 315 g/mol. The Hall–Kier alpha value is -2.15. The maximum atomic E-state index is 12.0. The van der Waals surface area contributed by atoms with Crippen molar-refractivity contribution in [3.8, 4) is 0 Å². The smallest absolute Gasteiger partial charge is 0.326 e. The van der Waals surface area contributed by atoms with Gasteiger partial charge in [0.25, 0.3) is 11.6 Å². The number of hydrogen-bond donors (Lipinski definition) is 2. The van der Waals surface area contributed by atoms with Crippen LogP contribution in [0.4, 0.5) is 5.69 Å². The Morgan fingerprint density at radius 3 is 2.67 bits per heavy atom. The van der Waals surface area contributed by atoms with E-state index in [2.05, 4.69) is 5.32 Å². The standard InChI is InChI=1S/C13H15ClN2O5/c1-2-3-4-10(13(18)19)15-12(17)8-5-6-9(14)11(7-8)16(20)21/h5-7,10H,2-4H2,1H3,(H,15,17)(H,18,19)/t10-/m0/s1. The second kappa shape index (κ2) is 7.58. The minimum Gasteiger partial charge on any atom is -0.480 e. The van der Waals surface area contributed by atoms with Crippen LogP contribution in [0, 0.1) is 10.1 Å². The molecule has 7 nitrogen and oxygen atoms in total. The predicted octanol–water partition coefficient (Wildman–Crippen LogP) is 2.62. The second-order valence-electron chi connectivity index (χ2n) is 4.43. The van der Waals surface area contributed by atoms with Gasteiger partial charge in [0, 0.05) is 11.6 Å². The average Bonchev–Trinajstić information content (AvgIpc) is 2.42. The lowest BCUT2D eigenvalue weighted by Gasteiger charge is -2.14. The molecule has 1 rings (SSSR count). The van der Waals surface area contributed by atoms with E-state index in [1.807, 2.05) is 6.92 Å². The van der Waals surface area contributed by atoms with Crippen molar-refractivity contribution in [2.24, 2.45) is 0 Å². The van der Waals surface area contributed by atoms with Crippen LogP contribution < -0.4 is 5.32 Å². The number of nitro benzene ring substituents is 1. The van der Waals surface area contributed by atoms with Gasteiger partial charge in [0.2, 0.25) is 0 Å². The van der Waals surface area contributed by atoms with E-state index in [4.69, 9.17) is 16.7 Å². The number of aliphatic carboxylic acids is 1. The lowest BCUT2D eigenvalue weighted by Crippen LogP contribution is -2.40. The summed E-state index contributed by atoms with van der Waals surface area (Å²) >= 11 is 5.65. The molecular formula is C13H15ClN2O5. The van der Waals surface area contributed by atoms with Gasteiger partial charge in [-0.1, -0.05) is 31.4 Å². The third-order valence-corrected chi connectivity index (χ3v) is 3.17. The highest BCUT2D eigenvalue weighted by atomic mass is 35.5. The molecule has 0 fully saturated rings. The molecule has 0 aliphatic rings. The number of unbranched alkanes of at least 4 members (excludes halogenated alkanes) is 1. The first-order chi connectivity index (χ1) is 9.86. The topological polar surface area (TPSA) is 110 Å². The van der Waals surface area contributed by atoms with Crippen molar-refractivity contribution in [2.75, 3.05) is 0 Å². The van der Waals surface area contributed by atoms with Crippen LogP contribution in [0.1, 0.15) is 36.5 Å². The van der Waals surface area contributed by atoms with Crippen LogP contribution in [0.5, 0.6) is 0 Å². The Morgan fingerprint density at radius 1 is 1.48 bits per heavy atom. The maximum Gasteiger partial charge on any atom is 0.326 e. The van der Waals surface area contributed by atoms with Crippen molar-refractivity contribution in [3.05, 3.63) is 38.9 Å². The summed E-state index contributed by atoms with van der Waals surface area (Å²) in [5.41, 5.74) is -0.404. The molecule has 0 bridgehead atoms. The highest BCUT2D eigenvalue weighted by Gasteiger charge is 2.22. The molecule has 1 amide bonds. The summed E-state index contributed by atoms with van der Waals surface area (Å²) in [6.45, 7) is 1.91. The fraction of sp³-hybridized carbons (Fsp3) is 0.385. The Labute approximate surface area is 126 Å².